The van der Waals surface area contributed by atoms with E-state index < -0.39 is 17.7 Å². The van der Waals surface area contributed by atoms with Crippen molar-refractivity contribution in [3.63, 3.8) is 0 Å². The molecule has 8 nitrogen and oxygen atoms in total. The van der Waals surface area contributed by atoms with Crippen molar-refractivity contribution < 1.29 is 19.1 Å². The fourth-order valence-corrected chi connectivity index (χ4v) is 5.58. The van der Waals surface area contributed by atoms with Crippen LogP contribution in [0, 0.1) is 0 Å². The molecule has 3 N–H and O–H groups in total. The second-order valence-electron chi connectivity index (χ2n) is 12.1. The minimum Gasteiger partial charge on any atom is -0.444 e. The number of hydrogen-bond donors (Lipinski definition) is 3. The summed E-state index contributed by atoms with van der Waals surface area (Å²) in [6.45, 7) is 9.39. The van der Waals surface area contributed by atoms with E-state index in [1.807, 2.05) is 74.2 Å². The van der Waals surface area contributed by atoms with Gasteiger partial charge in [0, 0.05) is 48.7 Å². The number of ether oxygens (including phenoxy) is 1. The minimum atomic E-state index is -0.606. The number of benzene rings is 3. The predicted octanol–water partition coefficient (Wildman–Crippen LogP) is 5.89. The van der Waals surface area contributed by atoms with Crippen LogP contribution < -0.4 is 16.0 Å². The second kappa shape index (κ2) is 14.7. The summed E-state index contributed by atoms with van der Waals surface area (Å²) in [5.41, 5.74) is 1.16. The summed E-state index contributed by atoms with van der Waals surface area (Å²) in [5.74, 6) is 0.0384. The van der Waals surface area contributed by atoms with Crippen LogP contribution in [-0.2, 0) is 9.53 Å². The first kappa shape index (κ1) is 32.3. The molecule has 0 saturated carbocycles. The number of rotatable bonds is 10. The molecular formula is C34H43ClN4O4. The first-order valence-electron chi connectivity index (χ1n) is 15.1. The Labute approximate surface area is 259 Å². The van der Waals surface area contributed by atoms with E-state index in [1.54, 1.807) is 6.07 Å². The first-order chi connectivity index (χ1) is 20.5. The predicted molar refractivity (Wildman–Crippen MR) is 172 cm³/mol. The van der Waals surface area contributed by atoms with Gasteiger partial charge in [-0.05, 0) is 80.6 Å². The summed E-state index contributed by atoms with van der Waals surface area (Å²) >= 11 is 6.10. The highest BCUT2D eigenvalue weighted by Crippen LogP contribution is 2.23. The fourth-order valence-electron chi connectivity index (χ4n) is 5.40. The zero-order valence-electron chi connectivity index (χ0n) is 25.5. The maximum Gasteiger partial charge on any atom is 0.407 e. The zero-order valence-corrected chi connectivity index (χ0v) is 26.2. The molecule has 0 bridgehead atoms. The van der Waals surface area contributed by atoms with Gasteiger partial charge < -0.3 is 25.6 Å². The number of nitrogens with one attached hydrogen (secondary N) is 3. The molecule has 230 valence electrons. The molecule has 43 heavy (non-hydrogen) atoms. The highest BCUT2D eigenvalue weighted by atomic mass is 35.5. The van der Waals surface area contributed by atoms with Crippen LogP contribution in [0.4, 0.5) is 4.79 Å². The number of halogens is 1. The van der Waals surface area contributed by atoms with Gasteiger partial charge in [0.25, 0.3) is 5.91 Å². The summed E-state index contributed by atoms with van der Waals surface area (Å²) in [6.07, 6.45) is 1.48. The van der Waals surface area contributed by atoms with Gasteiger partial charge in [0.2, 0.25) is 5.91 Å². The van der Waals surface area contributed by atoms with Gasteiger partial charge in [-0.15, -0.1) is 0 Å². The van der Waals surface area contributed by atoms with Crippen LogP contribution in [0.15, 0.2) is 66.7 Å². The van der Waals surface area contributed by atoms with Crippen LogP contribution in [0.5, 0.6) is 0 Å². The monoisotopic (exact) mass is 606 g/mol. The van der Waals surface area contributed by atoms with Gasteiger partial charge in [-0.2, -0.15) is 0 Å². The normalized spacial score (nSPS) is 18.2. The van der Waals surface area contributed by atoms with Crippen molar-refractivity contribution in [3.05, 3.63) is 82.9 Å². The van der Waals surface area contributed by atoms with E-state index in [0.29, 0.717) is 43.1 Å². The highest BCUT2D eigenvalue weighted by molar-refractivity contribution is 6.31. The first-order valence-corrected chi connectivity index (χ1v) is 15.4. The van der Waals surface area contributed by atoms with Crippen molar-refractivity contribution in [1.82, 2.24) is 20.9 Å². The van der Waals surface area contributed by atoms with E-state index in [0.717, 1.165) is 17.2 Å². The van der Waals surface area contributed by atoms with E-state index >= 15 is 0 Å². The van der Waals surface area contributed by atoms with Crippen LogP contribution >= 0.6 is 11.6 Å². The maximum atomic E-state index is 13.8. The van der Waals surface area contributed by atoms with E-state index in [-0.39, 0.29) is 30.3 Å². The average Bonchev–Trinajstić information content (AvgIpc) is 3.12. The highest BCUT2D eigenvalue weighted by Gasteiger charge is 2.32. The third kappa shape index (κ3) is 9.43. The molecule has 1 aliphatic rings. The third-order valence-corrected chi connectivity index (χ3v) is 7.91. The number of carbonyl (C=O) groups is 3. The molecule has 1 saturated heterocycles. The van der Waals surface area contributed by atoms with Crippen molar-refractivity contribution in [3.8, 4) is 0 Å². The Kier molecular flexibility index (Phi) is 11.0. The van der Waals surface area contributed by atoms with Crippen molar-refractivity contribution >= 4 is 40.3 Å². The quantitative estimate of drug-likeness (QED) is 0.267. The van der Waals surface area contributed by atoms with Crippen LogP contribution in [-0.4, -0.2) is 66.7 Å². The Bertz CT molecular complexity index is 1410. The standard InChI is InChI=1S/C34H43ClN4O4/c1-5-23(24-9-7-6-8-10-24)22-39-18-16-29(38-30(32(39)41)15-17-36-33(42)43-34(2,3)4)21-37-31(40)27-12-11-26-20-28(35)14-13-25(26)19-27/h6-14,19-20,23,29-30,38H,5,15-18,21-22H2,1-4H3,(H,36,42)(H,37,40)/t23-,29+,30+/m1/s1. The molecular weight excluding hydrogens is 564 g/mol. The molecule has 0 aromatic heterocycles. The summed E-state index contributed by atoms with van der Waals surface area (Å²) < 4.78 is 5.36. The van der Waals surface area contributed by atoms with E-state index in [4.69, 9.17) is 16.3 Å². The van der Waals surface area contributed by atoms with E-state index in [2.05, 4.69) is 35.0 Å². The van der Waals surface area contributed by atoms with E-state index in [9.17, 15) is 14.4 Å². The fraction of sp³-hybridized carbons (Fsp3) is 0.441. The minimum absolute atomic E-state index is 0.00221. The molecule has 0 radical (unpaired) electrons. The summed E-state index contributed by atoms with van der Waals surface area (Å²) in [5, 5.41) is 11.9. The third-order valence-electron chi connectivity index (χ3n) is 7.67. The van der Waals surface area contributed by atoms with Crippen LogP contribution in [0.2, 0.25) is 5.02 Å². The molecule has 0 unspecified atom stereocenters. The SMILES string of the molecule is CC[C@H](CN1CC[C@@H](CNC(=O)c2ccc3cc(Cl)ccc3c2)N[C@@H](CCNC(=O)OC(C)(C)C)C1=O)c1ccccc1. The molecule has 3 aromatic rings. The molecule has 1 heterocycles. The van der Waals surface area contributed by atoms with Crippen LogP contribution in [0.1, 0.15) is 68.8 Å². The number of nitrogens with zero attached hydrogens (tertiary/aromatic N) is 1. The largest absolute Gasteiger partial charge is 0.444 e. The molecule has 3 atom stereocenters. The summed E-state index contributed by atoms with van der Waals surface area (Å²) in [4.78, 5) is 41.1. The van der Waals surface area contributed by atoms with Crippen LogP contribution in [0.3, 0.4) is 0 Å². The smallest absolute Gasteiger partial charge is 0.407 e. The van der Waals surface area contributed by atoms with E-state index in [1.165, 1.54) is 5.56 Å². The second-order valence-corrected chi connectivity index (χ2v) is 12.6. The Balaban J connectivity index is 1.43. The van der Waals surface area contributed by atoms with Gasteiger partial charge in [0.15, 0.2) is 0 Å². The molecule has 3 amide bonds. The molecule has 0 aliphatic carbocycles. The van der Waals surface area contributed by atoms with Gasteiger partial charge >= 0.3 is 6.09 Å². The van der Waals surface area contributed by atoms with Gasteiger partial charge in [0.05, 0.1) is 6.04 Å². The number of alkyl carbamates (subject to hydrolysis) is 1. The molecule has 9 heteroatoms. The van der Waals surface area contributed by atoms with Crippen molar-refractivity contribution in [2.45, 2.75) is 70.6 Å². The number of hydrogen-bond acceptors (Lipinski definition) is 5. The zero-order chi connectivity index (χ0) is 31.0. The number of fused-ring (bicyclic) bond motifs is 1. The summed E-state index contributed by atoms with van der Waals surface area (Å²) in [6, 6.07) is 20.7. The van der Waals surface area contributed by atoms with Crippen molar-refractivity contribution in [2.24, 2.45) is 0 Å². The molecule has 0 spiro atoms. The number of carbonyl (C=O) groups excluding carboxylic acids is 3. The van der Waals surface area contributed by atoms with Crippen LogP contribution in [0.25, 0.3) is 10.8 Å². The molecule has 4 rings (SSSR count). The Morgan fingerprint density at radius 1 is 1.05 bits per heavy atom. The molecule has 1 aliphatic heterocycles. The lowest BCUT2D eigenvalue weighted by molar-refractivity contribution is -0.133. The van der Waals surface area contributed by atoms with Gasteiger partial charge in [-0.25, -0.2) is 4.79 Å². The maximum absolute atomic E-state index is 13.8. The Hall–Kier alpha value is -3.62. The molecule has 1 fully saturated rings. The lowest BCUT2D eigenvalue weighted by Crippen LogP contribution is -2.50. The van der Waals surface area contributed by atoms with Crippen molar-refractivity contribution in [2.75, 3.05) is 26.2 Å². The average molecular weight is 607 g/mol. The Morgan fingerprint density at radius 2 is 1.77 bits per heavy atom. The Morgan fingerprint density at radius 3 is 2.49 bits per heavy atom. The molecule has 3 aromatic carbocycles. The summed E-state index contributed by atoms with van der Waals surface area (Å²) in [7, 11) is 0. The topological polar surface area (TPSA) is 99.8 Å². The van der Waals surface area contributed by atoms with Gasteiger partial charge in [0.1, 0.15) is 5.60 Å². The van der Waals surface area contributed by atoms with Gasteiger partial charge in [-0.3, -0.25) is 9.59 Å². The lowest BCUT2D eigenvalue weighted by atomic mass is 9.95. The van der Waals surface area contributed by atoms with Gasteiger partial charge in [-0.1, -0.05) is 61.0 Å². The van der Waals surface area contributed by atoms with Crippen molar-refractivity contribution in [1.29, 1.82) is 0 Å². The lowest BCUT2D eigenvalue weighted by Gasteiger charge is -2.28. The number of amides is 3.